The summed E-state index contributed by atoms with van der Waals surface area (Å²) in [4.78, 5) is 26.7. The SMILES string of the molecule is Nc1ncc2nc(-c3nc4cncnc4s3)sc2n1. The number of nitrogen functional groups attached to an aromatic ring is 1. The van der Waals surface area contributed by atoms with Gasteiger partial charge in [0.2, 0.25) is 5.95 Å². The van der Waals surface area contributed by atoms with Gasteiger partial charge in [-0.05, 0) is 0 Å². The van der Waals surface area contributed by atoms with E-state index in [-0.39, 0.29) is 5.95 Å². The van der Waals surface area contributed by atoms with Gasteiger partial charge in [0.05, 0.1) is 12.4 Å². The van der Waals surface area contributed by atoms with Crippen LogP contribution in [0.4, 0.5) is 5.95 Å². The fourth-order valence-electron chi connectivity index (χ4n) is 1.62. The van der Waals surface area contributed by atoms with Crippen LogP contribution in [0.5, 0.6) is 0 Å². The fourth-order valence-corrected chi connectivity index (χ4v) is 3.44. The van der Waals surface area contributed by atoms with Gasteiger partial charge in [-0.25, -0.2) is 29.9 Å². The number of hydrogen-bond acceptors (Lipinski definition) is 9. The molecule has 4 heterocycles. The van der Waals surface area contributed by atoms with E-state index < -0.39 is 0 Å². The van der Waals surface area contributed by atoms with Crippen molar-refractivity contribution < 1.29 is 0 Å². The van der Waals surface area contributed by atoms with Crippen molar-refractivity contribution >= 4 is 49.3 Å². The van der Waals surface area contributed by atoms with E-state index in [1.54, 1.807) is 12.4 Å². The van der Waals surface area contributed by atoms with Crippen LogP contribution in [-0.4, -0.2) is 29.9 Å². The van der Waals surface area contributed by atoms with Crippen LogP contribution in [0.3, 0.4) is 0 Å². The van der Waals surface area contributed by atoms with Gasteiger partial charge in [0.25, 0.3) is 0 Å². The van der Waals surface area contributed by atoms with Gasteiger partial charge >= 0.3 is 0 Å². The first-order chi connectivity index (χ1) is 9.29. The molecular weight excluding hydrogens is 282 g/mol. The van der Waals surface area contributed by atoms with Crippen LogP contribution in [0.25, 0.3) is 30.7 Å². The van der Waals surface area contributed by atoms with Gasteiger partial charge in [-0.2, -0.15) is 0 Å². The second-order valence-electron chi connectivity index (χ2n) is 3.67. The zero-order valence-corrected chi connectivity index (χ0v) is 10.9. The van der Waals surface area contributed by atoms with E-state index >= 15 is 0 Å². The molecule has 7 nitrogen and oxygen atoms in total. The minimum atomic E-state index is 0.248. The maximum atomic E-state index is 5.56. The van der Waals surface area contributed by atoms with Gasteiger partial charge in [0, 0.05) is 0 Å². The van der Waals surface area contributed by atoms with Crippen molar-refractivity contribution in [3.8, 4) is 10.0 Å². The molecule has 0 unspecified atom stereocenters. The van der Waals surface area contributed by atoms with Crippen LogP contribution in [-0.2, 0) is 0 Å². The molecule has 0 aliphatic carbocycles. The van der Waals surface area contributed by atoms with Crippen LogP contribution in [0.15, 0.2) is 18.7 Å². The van der Waals surface area contributed by atoms with E-state index in [0.29, 0.717) is 0 Å². The third-order valence-electron chi connectivity index (χ3n) is 2.43. The summed E-state index contributed by atoms with van der Waals surface area (Å²) in [6.07, 6.45) is 4.81. The summed E-state index contributed by atoms with van der Waals surface area (Å²) in [7, 11) is 0. The van der Waals surface area contributed by atoms with Crippen molar-refractivity contribution in [3.05, 3.63) is 18.7 Å². The standard InChI is InChI=1S/C10H5N7S2/c11-10-13-2-5-7(17-10)19-9(16-5)8-15-4-1-12-3-14-6(4)18-8/h1-3H,(H2,11,13,17). The average molecular weight is 287 g/mol. The maximum absolute atomic E-state index is 5.56. The summed E-state index contributed by atoms with van der Waals surface area (Å²) < 4.78 is 0. The van der Waals surface area contributed by atoms with Gasteiger partial charge in [0.15, 0.2) is 10.0 Å². The lowest BCUT2D eigenvalue weighted by Crippen LogP contribution is -1.92. The first-order valence-electron chi connectivity index (χ1n) is 5.25. The first kappa shape index (κ1) is 10.6. The number of anilines is 1. The van der Waals surface area contributed by atoms with E-state index in [9.17, 15) is 0 Å². The molecule has 0 atom stereocenters. The Morgan fingerprint density at radius 2 is 1.58 bits per heavy atom. The topological polar surface area (TPSA) is 103 Å². The van der Waals surface area contributed by atoms with Crippen molar-refractivity contribution in [1.29, 1.82) is 0 Å². The third kappa shape index (κ3) is 1.71. The summed E-state index contributed by atoms with van der Waals surface area (Å²) in [6, 6.07) is 0. The largest absolute Gasteiger partial charge is 0.368 e. The van der Waals surface area contributed by atoms with Crippen molar-refractivity contribution in [3.63, 3.8) is 0 Å². The zero-order chi connectivity index (χ0) is 12.8. The van der Waals surface area contributed by atoms with Crippen LogP contribution >= 0.6 is 22.7 Å². The highest BCUT2D eigenvalue weighted by molar-refractivity contribution is 7.27. The third-order valence-corrected chi connectivity index (χ3v) is 4.51. The average Bonchev–Trinajstić information content (AvgIpc) is 3.00. The molecule has 4 aromatic heterocycles. The Morgan fingerprint density at radius 1 is 0.842 bits per heavy atom. The molecule has 4 rings (SSSR count). The van der Waals surface area contributed by atoms with Crippen LogP contribution in [0.2, 0.25) is 0 Å². The molecule has 0 radical (unpaired) electrons. The second-order valence-corrected chi connectivity index (χ2v) is 5.62. The second kappa shape index (κ2) is 3.87. The molecule has 0 bridgehead atoms. The molecule has 0 saturated heterocycles. The molecule has 2 N–H and O–H groups in total. The molecule has 0 aromatic carbocycles. The number of nitrogens with zero attached hydrogens (tertiary/aromatic N) is 6. The highest BCUT2D eigenvalue weighted by Crippen LogP contribution is 2.33. The Balaban J connectivity index is 1.93. The quantitative estimate of drug-likeness (QED) is 0.568. The molecule has 0 saturated carbocycles. The molecule has 0 fully saturated rings. The van der Waals surface area contributed by atoms with Crippen molar-refractivity contribution in [1.82, 2.24) is 29.9 Å². The van der Waals surface area contributed by atoms with Crippen molar-refractivity contribution in [2.45, 2.75) is 0 Å². The lowest BCUT2D eigenvalue weighted by atomic mass is 10.6. The monoisotopic (exact) mass is 287 g/mol. The van der Waals surface area contributed by atoms with Crippen molar-refractivity contribution in [2.24, 2.45) is 0 Å². The fraction of sp³-hybridized carbons (Fsp3) is 0. The molecular formula is C10H5N7S2. The molecule has 0 aliphatic rings. The Hall–Kier alpha value is -2.26. The summed E-state index contributed by atoms with van der Waals surface area (Å²) in [5.74, 6) is 0.248. The normalized spacial score (nSPS) is 11.4. The van der Waals surface area contributed by atoms with Gasteiger partial charge in [-0.1, -0.05) is 22.7 Å². The molecule has 4 aromatic rings. The molecule has 0 amide bonds. The van der Waals surface area contributed by atoms with E-state index in [2.05, 4.69) is 29.9 Å². The number of thiazole rings is 2. The molecule has 0 spiro atoms. The highest BCUT2D eigenvalue weighted by Gasteiger charge is 2.13. The number of hydrogen-bond donors (Lipinski definition) is 1. The van der Waals surface area contributed by atoms with Gasteiger partial charge in [0.1, 0.15) is 27.0 Å². The summed E-state index contributed by atoms with van der Waals surface area (Å²) in [5.41, 5.74) is 7.05. The molecule has 9 heteroatoms. The molecule has 19 heavy (non-hydrogen) atoms. The summed E-state index contributed by atoms with van der Waals surface area (Å²) in [6.45, 7) is 0. The van der Waals surface area contributed by atoms with Gasteiger partial charge in [-0.3, -0.25) is 0 Å². The van der Waals surface area contributed by atoms with Gasteiger partial charge < -0.3 is 5.73 Å². The predicted molar refractivity (Wildman–Crippen MR) is 73.8 cm³/mol. The van der Waals surface area contributed by atoms with Gasteiger partial charge in [-0.15, -0.1) is 0 Å². The number of rotatable bonds is 1. The Bertz CT molecular complexity index is 864. The summed E-state index contributed by atoms with van der Waals surface area (Å²) >= 11 is 2.91. The Labute approximate surface area is 114 Å². The lowest BCUT2D eigenvalue weighted by Gasteiger charge is -1.87. The van der Waals surface area contributed by atoms with Crippen LogP contribution < -0.4 is 5.73 Å². The zero-order valence-electron chi connectivity index (χ0n) is 9.31. The van der Waals surface area contributed by atoms with Crippen LogP contribution in [0, 0.1) is 0 Å². The maximum Gasteiger partial charge on any atom is 0.221 e. The molecule has 92 valence electrons. The smallest absolute Gasteiger partial charge is 0.221 e. The first-order valence-corrected chi connectivity index (χ1v) is 6.89. The van der Waals surface area contributed by atoms with E-state index in [4.69, 9.17) is 5.73 Å². The van der Waals surface area contributed by atoms with Crippen LogP contribution in [0.1, 0.15) is 0 Å². The van der Waals surface area contributed by atoms with Crippen molar-refractivity contribution in [2.75, 3.05) is 5.73 Å². The van der Waals surface area contributed by atoms with E-state index in [1.165, 1.54) is 29.0 Å². The highest BCUT2D eigenvalue weighted by atomic mass is 32.1. The lowest BCUT2D eigenvalue weighted by molar-refractivity contribution is 1.22. The predicted octanol–water partition coefficient (Wildman–Crippen LogP) is 1.74. The van der Waals surface area contributed by atoms with E-state index in [1.807, 2.05) is 0 Å². The Kier molecular flexibility index (Phi) is 2.17. The van der Waals surface area contributed by atoms with E-state index in [0.717, 1.165) is 30.7 Å². The minimum absolute atomic E-state index is 0.248. The summed E-state index contributed by atoms with van der Waals surface area (Å²) in [5, 5.41) is 1.59. The molecule has 0 aliphatic heterocycles. The number of nitrogens with two attached hydrogens (primary N) is 1. The Morgan fingerprint density at radius 3 is 2.37 bits per heavy atom. The minimum Gasteiger partial charge on any atom is -0.368 e. The number of fused-ring (bicyclic) bond motifs is 2. The number of aromatic nitrogens is 6.